The molecule has 2 N–H and O–H groups in total. The van der Waals surface area contributed by atoms with Crippen LogP contribution in [0.2, 0.25) is 0 Å². The van der Waals surface area contributed by atoms with E-state index in [-0.39, 0.29) is 17.9 Å². The number of carbonyl (C=O) groups is 1. The van der Waals surface area contributed by atoms with Gasteiger partial charge in [0.05, 0.1) is 12.1 Å². The fourth-order valence-corrected chi connectivity index (χ4v) is 3.28. The molecule has 0 saturated heterocycles. The molecule has 0 radical (unpaired) electrons. The number of amides is 1. The molecule has 1 rings (SSSR count). The summed E-state index contributed by atoms with van der Waals surface area (Å²) in [5, 5.41) is 14.6. The van der Waals surface area contributed by atoms with E-state index in [0.29, 0.717) is 12.8 Å². The second kappa shape index (κ2) is 10.5. The summed E-state index contributed by atoms with van der Waals surface area (Å²) in [5.41, 5.74) is 3.48. The number of nitrogens with one attached hydrogen (secondary N) is 1. The van der Waals surface area contributed by atoms with Gasteiger partial charge in [0.15, 0.2) is 0 Å². The highest BCUT2D eigenvalue weighted by atomic mass is 32.2. The number of aliphatic hydroxyl groups is 1. The van der Waals surface area contributed by atoms with Crippen LogP contribution in [-0.4, -0.2) is 17.1 Å². The molecule has 1 unspecified atom stereocenters. The number of benzene rings is 1. The third-order valence-corrected chi connectivity index (χ3v) is 5.28. The molecule has 0 aromatic heterocycles. The lowest BCUT2D eigenvalue weighted by Crippen LogP contribution is -2.33. The zero-order chi connectivity index (χ0) is 19.0. The zero-order valence-electron chi connectivity index (χ0n) is 16.0. The van der Waals surface area contributed by atoms with Crippen LogP contribution in [0.1, 0.15) is 64.6 Å². The summed E-state index contributed by atoms with van der Waals surface area (Å²) in [6, 6.07) is 8.21. The van der Waals surface area contributed by atoms with E-state index in [1.165, 1.54) is 10.5 Å². The van der Waals surface area contributed by atoms with E-state index in [0.717, 1.165) is 11.1 Å². The minimum Gasteiger partial charge on any atom is -0.393 e. The van der Waals surface area contributed by atoms with Crippen LogP contribution >= 0.6 is 11.8 Å². The summed E-state index contributed by atoms with van der Waals surface area (Å²) in [5.74, 6) is -0.214. The van der Waals surface area contributed by atoms with E-state index in [9.17, 15) is 9.90 Å². The van der Waals surface area contributed by atoms with E-state index in [4.69, 9.17) is 0 Å². The smallest absolute Gasteiger partial charge is 0.223 e. The average molecular weight is 362 g/mol. The van der Waals surface area contributed by atoms with Crippen LogP contribution in [0, 0.1) is 5.92 Å². The van der Waals surface area contributed by atoms with E-state index in [1.807, 2.05) is 26.2 Å². The maximum atomic E-state index is 12.3. The third kappa shape index (κ3) is 6.71. The number of rotatable bonds is 9. The molecule has 3 atom stereocenters. The van der Waals surface area contributed by atoms with Gasteiger partial charge in [-0.2, -0.15) is 0 Å². The van der Waals surface area contributed by atoms with E-state index >= 15 is 0 Å². The first-order valence-electron chi connectivity index (χ1n) is 8.83. The fraction of sp³-hybridized carbons (Fsp3) is 0.476. The minimum absolute atomic E-state index is 0.0173. The van der Waals surface area contributed by atoms with Crippen LogP contribution in [-0.2, 0) is 4.79 Å². The molecule has 0 heterocycles. The summed E-state index contributed by atoms with van der Waals surface area (Å²) in [6.45, 7) is 13.7. The van der Waals surface area contributed by atoms with Crippen molar-refractivity contribution in [2.24, 2.45) is 5.92 Å². The van der Waals surface area contributed by atoms with Gasteiger partial charge in [-0.1, -0.05) is 62.0 Å². The van der Waals surface area contributed by atoms with Gasteiger partial charge in [0.1, 0.15) is 0 Å². The molecule has 1 aromatic rings. The number of aliphatic hydroxyl groups excluding tert-OH is 1. The van der Waals surface area contributed by atoms with Crippen molar-refractivity contribution in [2.45, 2.75) is 59.6 Å². The van der Waals surface area contributed by atoms with Crippen molar-refractivity contribution in [1.29, 1.82) is 0 Å². The maximum Gasteiger partial charge on any atom is 0.223 e. The highest BCUT2D eigenvalue weighted by Gasteiger charge is 2.18. The molecule has 0 fully saturated rings. The fourth-order valence-electron chi connectivity index (χ4n) is 2.60. The summed E-state index contributed by atoms with van der Waals surface area (Å²) in [6.07, 6.45) is 0.751. The van der Waals surface area contributed by atoms with Gasteiger partial charge in [0.2, 0.25) is 5.91 Å². The SMILES string of the molecule is C=CSC(=C(C)C)c1ccc([C@H](C)NC(=O)[C@@H](C)CC(O)CC)cc1. The Morgan fingerprint density at radius 1 is 1.28 bits per heavy atom. The van der Waals surface area contributed by atoms with Crippen molar-refractivity contribution in [2.75, 3.05) is 0 Å². The van der Waals surface area contributed by atoms with E-state index in [2.05, 4.69) is 50.0 Å². The molecule has 1 amide bonds. The topological polar surface area (TPSA) is 49.3 Å². The average Bonchev–Trinajstić information content (AvgIpc) is 2.59. The Labute approximate surface area is 156 Å². The predicted octanol–water partition coefficient (Wildman–Crippen LogP) is 5.29. The molecule has 0 aliphatic heterocycles. The van der Waals surface area contributed by atoms with Gasteiger partial charge in [-0.3, -0.25) is 4.79 Å². The van der Waals surface area contributed by atoms with Crippen molar-refractivity contribution >= 4 is 22.6 Å². The molecule has 0 aliphatic carbocycles. The first-order chi connectivity index (χ1) is 11.8. The van der Waals surface area contributed by atoms with Crippen LogP contribution in [0.4, 0.5) is 0 Å². The summed E-state index contributed by atoms with van der Waals surface area (Å²) < 4.78 is 0. The summed E-state index contributed by atoms with van der Waals surface area (Å²) in [7, 11) is 0. The molecule has 25 heavy (non-hydrogen) atoms. The third-order valence-electron chi connectivity index (χ3n) is 4.23. The molecule has 3 nitrogen and oxygen atoms in total. The summed E-state index contributed by atoms with van der Waals surface area (Å²) >= 11 is 1.62. The first kappa shape index (κ1) is 21.5. The molecular formula is C21H31NO2S. The Kier molecular flexibility index (Phi) is 9.01. The number of carbonyl (C=O) groups excluding carboxylic acids is 1. The second-order valence-corrected chi connectivity index (χ2v) is 7.64. The number of hydrogen-bond donors (Lipinski definition) is 2. The Hall–Kier alpha value is -1.52. The van der Waals surface area contributed by atoms with Gasteiger partial charge < -0.3 is 10.4 Å². The standard InChI is InChI=1S/C21H31NO2S/c1-7-19(23)13-15(5)21(24)22-16(6)17-9-11-18(12-10-17)20(14(3)4)25-8-2/h8-12,15-16,19,23H,2,7,13H2,1,3-6H3,(H,22,24)/t15-,16-,19?/m0/s1. The first-order valence-corrected chi connectivity index (χ1v) is 9.71. The quantitative estimate of drug-likeness (QED) is 0.628. The molecule has 138 valence electrons. The maximum absolute atomic E-state index is 12.3. The molecule has 0 aliphatic rings. The highest BCUT2D eigenvalue weighted by molar-refractivity contribution is 8.10. The molecule has 0 bridgehead atoms. The van der Waals surface area contributed by atoms with Crippen LogP contribution in [0.3, 0.4) is 0 Å². The van der Waals surface area contributed by atoms with Crippen molar-refractivity contribution in [3.05, 3.63) is 53.0 Å². The zero-order valence-corrected chi connectivity index (χ0v) is 16.8. The summed E-state index contributed by atoms with van der Waals surface area (Å²) in [4.78, 5) is 13.5. The van der Waals surface area contributed by atoms with Crippen molar-refractivity contribution in [3.8, 4) is 0 Å². The molecule has 0 spiro atoms. The van der Waals surface area contributed by atoms with E-state index in [1.54, 1.807) is 11.8 Å². The lowest BCUT2D eigenvalue weighted by atomic mass is 10.00. The Balaban J connectivity index is 2.77. The van der Waals surface area contributed by atoms with Gasteiger partial charge in [-0.15, -0.1) is 0 Å². The lowest BCUT2D eigenvalue weighted by Gasteiger charge is -2.20. The molecule has 1 aromatic carbocycles. The van der Waals surface area contributed by atoms with Gasteiger partial charge in [0, 0.05) is 10.8 Å². The largest absolute Gasteiger partial charge is 0.393 e. The van der Waals surface area contributed by atoms with Crippen LogP contribution in [0.25, 0.3) is 4.91 Å². The minimum atomic E-state index is -0.416. The van der Waals surface area contributed by atoms with Gasteiger partial charge in [0.25, 0.3) is 0 Å². The lowest BCUT2D eigenvalue weighted by molar-refractivity contribution is -0.126. The van der Waals surface area contributed by atoms with Crippen molar-refractivity contribution < 1.29 is 9.90 Å². The van der Waals surface area contributed by atoms with Crippen LogP contribution in [0.15, 0.2) is 41.8 Å². The van der Waals surface area contributed by atoms with Gasteiger partial charge in [-0.25, -0.2) is 0 Å². The Morgan fingerprint density at radius 3 is 2.36 bits per heavy atom. The monoisotopic (exact) mass is 361 g/mol. The normalized spacial score (nSPS) is 14.3. The Morgan fingerprint density at radius 2 is 1.88 bits per heavy atom. The Bertz CT molecular complexity index is 603. The molecule has 4 heteroatoms. The second-order valence-electron chi connectivity index (χ2n) is 6.66. The van der Waals surface area contributed by atoms with Gasteiger partial charge >= 0.3 is 0 Å². The molecular weight excluding hydrogens is 330 g/mol. The molecule has 0 saturated carbocycles. The van der Waals surface area contributed by atoms with Crippen LogP contribution in [0.5, 0.6) is 0 Å². The van der Waals surface area contributed by atoms with Crippen molar-refractivity contribution in [1.82, 2.24) is 5.32 Å². The number of thioether (sulfide) groups is 1. The van der Waals surface area contributed by atoms with Crippen molar-refractivity contribution in [3.63, 3.8) is 0 Å². The van der Waals surface area contributed by atoms with Gasteiger partial charge in [-0.05, 0) is 50.1 Å². The highest BCUT2D eigenvalue weighted by Crippen LogP contribution is 2.31. The van der Waals surface area contributed by atoms with E-state index < -0.39 is 6.10 Å². The number of hydrogen-bond acceptors (Lipinski definition) is 3. The predicted molar refractivity (Wildman–Crippen MR) is 109 cm³/mol. The number of allylic oxidation sites excluding steroid dienone is 1. The van der Waals surface area contributed by atoms with Crippen LogP contribution < -0.4 is 5.32 Å².